The van der Waals surface area contributed by atoms with Crippen LogP contribution in [0.1, 0.15) is 32.3 Å². The quantitative estimate of drug-likeness (QED) is 0.751. The summed E-state index contributed by atoms with van der Waals surface area (Å²) in [7, 11) is 0. The van der Waals surface area contributed by atoms with Gasteiger partial charge in [-0.15, -0.1) is 0 Å². The molecule has 0 saturated heterocycles. The molecule has 1 heterocycles. The summed E-state index contributed by atoms with van der Waals surface area (Å²) in [5.74, 6) is 0.781. The molecule has 1 aliphatic heterocycles. The van der Waals surface area contributed by atoms with Gasteiger partial charge < -0.3 is 5.32 Å². The minimum atomic E-state index is 0.676. The summed E-state index contributed by atoms with van der Waals surface area (Å²) < 4.78 is 0. The van der Waals surface area contributed by atoms with Crippen LogP contribution in [0.3, 0.4) is 0 Å². The molecule has 2 rings (SSSR count). The molecule has 1 aromatic rings. The Labute approximate surface area is 86.5 Å². The highest BCUT2D eigenvalue weighted by Gasteiger charge is 2.20. The predicted molar refractivity (Wildman–Crippen MR) is 61.6 cm³/mol. The molecule has 2 atom stereocenters. The van der Waals surface area contributed by atoms with Crippen LogP contribution in [0, 0.1) is 5.92 Å². The van der Waals surface area contributed by atoms with Crippen molar-refractivity contribution in [3.05, 3.63) is 29.8 Å². The van der Waals surface area contributed by atoms with E-state index in [1.54, 1.807) is 0 Å². The van der Waals surface area contributed by atoms with E-state index in [0.717, 1.165) is 5.92 Å². The Balaban J connectivity index is 2.13. The molecule has 76 valence electrons. The summed E-state index contributed by atoms with van der Waals surface area (Å²) >= 11 is 0. The Kier molecular flexibility index (Phi) is 2.76. The first-order chi connectivity index (χ1) is 6.81. The molecule has 0 spiro atoms. The predicted octanol–water partition coefficient (Wildman–Crippen LogP) is 3.46. The number of anilines is 1. The molecular formula is C13H19N. The first-order valence-corrected chi connectivity index (χ1v) is 5.65. The van der Waals surface area contributed by atoms with E-state index in [9.17, 15) is 0 Å². The maximum absolute atomic E-state index is 3.65. The van der Waals surface area contributed by atoms with Gasteiger partial charge in [-0.2, -0.15) is 0 Å². The van der Waals surface area contributed by atoms with E-state index in [1.807, 2.05) is 0 Å². The highest BCUT2D eigenvalue weighted by molar-refractivity contribution is 5.53. The molecule has 0 radical (unpaired) electrons. The lowest BCUT2D eigenvalue weighted by Crippen LogP contribution is -2.31. The van der Waals surface area contributed by atoms with Crippen LogP contribution >= 0.6 is 0 Å². The molecule has 1 N–H and O–H groups in total. The van der Waals surface area contributed by atoms with E-state index in [1.165, 1.54) is 30.5 Å². The van der Waals surface area contributed by atoms with Gasteiger partial charge in [0.25, 0.3) is 0 Å². The van der Waals surface area contributed by atoms with Crippen molar-refractivity contribution in [2.24, 2.45) is 5.92 Å². The van der Waals surface area contributed by atoms with Gasteiger partial charge in [0.15, 0.2) is 0 Å². The zero-order valence-corrected chi connectivity index (χ0v) is 9.09. The summed E-state index contributed by atoms with van der Waals surface area (Å²) in [5, 5.41) is 3.65. The number of rotatable bonds is 2. The largest absolute Gasteiger partial charge is 0.382 e. The van der Waals surface area contributed by atoms with E-state index >= 15 is 0 Å². The number of nitrogens with one attached hydrogen (secondary N) is 1. The maximum atomic E-state index is 3.65. The fourth-order valence-corrected chi connectivity index (χ4v) is 2.17. The lowest BCUT2D eigenvalue weighted by molar-refractivity contribution is 0.437. The third kappa shape index (κ3) is 1.77. The molecule has 14 heavy (non-hydrogen) atoms. The second-order valence-corrected chi connectivity index (χ2v) is 4.33. The molecule has 2 unspecified atom stereocenters. The Hall–Kier alpha value is -0.980. The van der Waals surface area contributed by atoms with Gasteiger partial charge in [0.1, 0.15) is 0 Å². The first kappa shape index (κ1) is 9.57. The van der Waals surface area contributed by atoms with Crippen LogP contribution < -0.4 is 5.32 Å². The first-order valence-electron chi connectivity index (χ1n) is 5.65. The van der Waals surface area contributed by atoms with Crippen LogP contribution in [-0.2, 0) is 6.42 Å². The van der Waals surface area contributed by atoms with Gasteiger partial charge >= 0.3 is 0 Å². The van der Waals surface area contributed by atoms with Crippen LogP contribution in [0.25, 0.3) is 0 Å². The Morgan fingerprint density at radius 1 is 1.43 bits per heavy atom. The van der Waals surface area contributed by atoms with Crippen LogP contribution in [-0.4, -0.2) is 6.04 Å². The summed E-state index contributed by atoms with van der Waals surface area (Å²) in [5.41, 5.74) is 2.83. The van der Waals surface area contributed by atoms with Crippen molar-refractivity contribution in [3.8, 4) is 0 Å². The van der Waals surface area contributed by atoms with Gasteiger partial charge in [0.2, 0.25) is 0 Å². The van der Waals surface area contributed by atoms with Gasteiger partial charge in [-0.25, -0.2) is 0 Å². The molecule has 0 saturated carbocycles. The highest BCUT2D eigenvalue weighted by atomic mass is 14.9. The molecule has 0 bridgehead atoms. The summed E-state index contributed by atoms with van der Waals surface area (Å²) in [6, 6.07) is 9.35. The molecule has 0 aliphatic carbocycles. The molecule has 0 aromatic heterocycles. The van der Waals surface area contributed by atoms with Crippen molar-refractivity contribution in [1.82, 2.24) is 0 Å². The van der Waals surface area contributed by atoms with Gasteiger partial charge in [0, 0.05) is 11.7 Å². The average molecular weight is 189 g/mol. The summed E-state index contributed by atoms with van der Waals surface area (Å²) in [6.45, 7) is 4.61. The standard InChI is InChI=1S/C13H19N/c1-3-10(2)12-9-8-11-6-4-5-7-13(11)14-12/h4-7,10,12,14H,3,8-9H2,1-2H3. The van der Waals surface area contributed by atoms with Crippen molar-refractivity contribution in [2.45, 2.75) is 39.2 Å². The fourth-order valence-electron chi connectivity index (χ4n) is 2.17. The minimum absolute atomic E-state index is 0.676. The van der Waals surface area contributed by atoms with E-state index in [2.05, 4.69) is 43.4 Å². The van der Waals surface area contributed by atoms with Crippen molar-refractivity contribution in [3.63, 3.8) is 0 Å². The fraction of sp³-hybridized carbons (Fsp3) is 0.538. The smallest absolute Gasteiger partial charge is 0.0374 e. The lowest BCUT2D eigenvalue weighted by atomic mass is 9.89. The van der Waals surface area contributed by atoms with Gasteiger partial charge in [0.05, 0.1) is 0 Å². The summed E-state index contributed by atoms with van der Waals surface area (Å²) in [6.07, 6.45) is 3.78. The SMILES string of the molecule is CCC(C)C1CCc2ccccc2N1. The van der Waals surface area contributed by atoms with Crippen LogP contribution in [0.4, 0.5) is 5.69 Å². The lowest BCUT2D eigenvalue weighted by Gasteiger charge is -2.31. The van der Waals surface area contributed by atoms with Gasteiger partial charge in [-0.05, 0) is 30.4 Å². The van der Waals surface area contributed by atoms with Gasteiger partial charge in [-0.1, -0.05) is 38.5 Å². The zero-order chi connectivity index (χ0) is 9.97. The van der Waals surface area contributed by atoms with E-state index in [4.69, 9.17) is 0 Å². The second kappa shape index (κ2) is 4.04. The number of benzene rings is 1. The Bertz CT molecular complexity index is 306. The van der Waals surface area contributed by atoms with E-state index in [0.29, 0.717) is 6.04 Å². The number of aryl methyl sites for hydroxylation is 1. The van der Waals surface area contributed by atoms with Gasteiger partial charge in [-0.3, -0.25) is 0 Å². The highest BCUT2D eigenvalue weighted by Crippen LogP contribution is 2.28. The molecule has 1 aromatic carbocycles. The number of para-hydroxylation sites is 1. The molecule has 1 aliphatic rings. The third-order valence-electron chi connectivity index (χ3n) is 3.41. The minimum Gasteiger partial charge on any atom is -0.382 e. The normalized spacial score (nSPS) is 22.3. The zero-order valence-electron chi connectivity index (χ0n) is 9.09. The van der Waals surface area contributed by atoms with Crippen LogP contribution in [0.15, 0.2) is 24.3 Å². The second-order valence-electron chi connectivity index (χ2n) is 4.33. The molecule has 0 amide bonds. The van der Waals surface area contributed by atoms with Crippen molar-refractivity contribution < 1.29 is 0 Å². The average Bonchev–Trinajstić information content (AvgIpc) is 2.27. The van der Waals surface area contributed by atoms with Crippen molar-refractivity contribution in [2.75, 3.05) is 5.32 Å². The van der Waals surface area contributed by atoms with Crippen molar-refractivity contribution in [1.29, 1.82) is 0 Å². The van der Waals surface area contributed by atoms with E-state index < -0.39 is 0 Å². The maximum Gasteiger partial charge on any atom is 0.0374 e. The van der Waals surface area contributed by atoms with Crippen LogP contribution in [0.5, 0.6) is 0 Å². The van der Waals surface area contributed by atoms with Crippen LogP contribution in [0.2, 0.25) is 0 Å². The Morgan fingerprint density at radius 2 is 2.21 bits per heavy atom. The topological polar surface area (TPSA) is 12.0 Å². The van der Waals surface area contributed by atoms with Crippen molar-refractivity contribution >= 4 is 5.69 Å². The summed E-state index contributed by atoms with van der Waals surface area (Å²) in [4.78, 5) is 0. The Morgan fingerprint density at radius 3 is 3.00 bits per heavy atom. The number of hydrogen-bond acceptors (Lipinski definition) is 1. The number of fused-ring (bicyclic) bond motifs is 1. The molecule has 1 nitrogen and oxygen atoms in total. The van der Waals surface area contributed by atoms with E-state index in [-0.39, 0.29) is 0 Å². The monoisotopic (exact) mass is 189 g/mol. The molecular weight excluding hydrogens is 170 g/mol. The number of hydrogen-bond donors (Lipinski definition) is 1. The third-order valence-corrected chi connectivity index (χ3v) is 3.41. The molecule has 0 fully saturated rings. The molecule has 1 heteroatoms.